The molecule has 1 saturated carbocycles. The highest BCUT2D eigenvalue weighted by atomic mass is 16.2. The molecule has 2 rings (SSSR count). The molecule has 1 aromatic carbocycles. The zero-order valence-electron chi connectivity index (χ0n) is 12.1. The first kappa shape index (κ1) is 14.1. The minimum Gasteiger partial charge on any atom is -0.353 e. The zero-order chi connectivity index (χ0) is 13.7. The third kappa shape index (κ3) is 4.09. The number of nitrogens with one attached hydrogen (secondary N) is 1. The van der Waals surface area contributed by atoms with E-state index in [0.29, 0.717) is 6.04 Å². The van der Waals surface area contributed by atoms with Gasteiger partial charge in [0, 0.05) is 11.5 Å². The fourth-order valence-corrected chi connectivity index (χ4v) is 2.81. The van der Waals surface area contributed by atoms with Gasteiger partial charge in [-0.1, -0.05) is 63.4 Å². The molecule has 1 aliphatic rings. The van der Waals surface area contributed by atoms with Crippen molar-refractivity contribution >= 4 is 5.91 Å². The van der Waals surface area contributed by atoms with Crippen molar-refractivity contribution in [2.75, 3.05) is 0 Å². The Balaban J connectivity index is 1.92. The fraction of sp³-hybridized carbons (Fsp3) is 0.588. The highest BCUT2D eigenvalue weighted by Gasteiger charge is 2.29. The summed E-state index contributed by atoms with van der Waals surface area (Å²) in [6, 6.07) is 10.7. The molecule has 1 amide bonds. The predicted octanol–water partition coefficient (Wildman–Crippen LogP) is 3.70. The Morgan fingerprint density at radius 1 is 1.16 bits per heavy atom. The number of amides is 1. The standard InChI is InChI=1S/C17H25NO/c1-17(2,13-14-9-5-3-6-10-14)16(19)18-15-11-7-4-8-12-15/h3,5-6,9-10,15H,4,7-8,11-13H2,1-2H3,(H,18,19). The van der Waals surface area contributed by atoms with E-state index in [1.807, 2.05) is 32.0 Å². The summed E-state index contributed by atoms with van der Waals surface area (Å²) in [7, 11) is 0. The lowest BCUT2D eigenvalue weighted by molar-refractivity contribution is -0.130. The van der Waals surface area contributed by atoms with E-state index in [1.54, 1.807) is 0 Å². The Bertz CT molecular complexity index is 405. The van der Waals surface area contributed by atoms with E-state index in [0.717, 1.165) is 19.3 Å². The van der Waals surface area contributed by atoms with Gasteiger partial charge in [0.2, 0.25) is 5.91 Å². The summed E-state index contributed by atoms with van der Waals surface area (Å²) in [5.74, 6) is 0.197. The van der Waals surface area contributed by atoms with Gasteiger partial charge in [-0.05, 0) is 24.8 Å². The average molecular weight is 259 g/mol. The Labute approximate surface area is 116 Å². The van der Waals surface area contributed by atoms with Gasteiger partial charge < -0.3 is 5.32 Å². The summed E-state index contributed by atoms with van der Waals surface area (Å²) in [6.45, 7) is 4.08. The van der Waals surface area contributed by atoms with Crippen molar-refractivity contribution in [3.05, 3.63) is 35.9 Å². The van der Waals surface area contributed by atoms with Crippen molar-refractivity contribution < 1.29 is 4.79 Å². The van der Waals surface area contributed by atoms with Gasteiger partial charge in [0.1, 0.15) is 0 Å². The molecule has 0 atom stereocenters. The lowest BCUT2D eigenvalue weighted by atomic mass is 9.84. The third-order valence-corrected chi connectivity index (χ3v) is 4.04. The van der Waals surface area contributed by atoms with Crippen molar-refractivity contribution in [2.45, 2.75) is 58.4 Å². The van der Waals surface area contributed by atoms with Gasteiger partial charge in [-0.3, -0.25) is 4.79 Å². The van der Waals surface area contributed by atoms with Crippen LogP contribution < -0.4 is 5.32 Å². The zero-order valence-corrected chi connectivity index (χ0v) is 12.1. The fourth-order valence-electron chi connectivity index (χ4n) is 2.81. The minimum atomic E-state index is -0.335. The summed E-state index contributed by atoms with van der Waals surface area (Å²) >= 11 is 0. The molecule has 0 saturated heterocycles. The molecule has 1 aliphatic carbocycles. The van der Waals surface area contributed by atoms with Gasteiger partial charge in [0.05, 0.1) is 0 Å². The van der Waals surface area contributed by atoms with Crippen LogP contribution in [0.5, 0.6) is 0 Å². The van der Waals surface area contributed by atoms with Gasteiger partial charge in [-0.25, -0.2) is 0 Å². The predicted molar refractivity (Wildman–Crippen MR) is 78.9 cm³/mol. The molecular weight excluding hydrogens is 234 g/mol. The maximum Gasteiger partial charge on any atom is 0.226 e. The van der Waals surface area contributed by atoms with Gasteiger partial charge in [0.25, 0.3) is 0 Å². The number of hydrogen-bond donors (Lipinski definition) is 1. The molecular formula is C17H25NO. The lowest BCUT2D eigenvalue weighted by Gasteiger charge is -2.29. The van der Waals surface area contributed by atoms with E-state index in [1.165, 1.54) is 24.8 Å². The highest BCUT2D eigenvalue weighted by Crippen LogP contribution is 2.24. The molecule has 1 aromatic rings. The van der Waals surface area contributed by atoms with Crippen LogP contribution in [0.3, 0.4) is 0 Å². The molecule has 1 N–H and O–H groups in total. The first-order chi connectivity index (χ1) is 9.08. The van der Waals surface area contributed by atoms with Crippen LogP contribution in [0.25, 0.3) is 0 Å². The van der Waals surface area contributed by atoms with Gasteiger partial charge >= 0.3 is 0 Å². The molecule has 0 radical (unpaired) electrons. The first-order valence-electron chi connectivity index (χ1n) is 7.43. The largest absolute Gasteiger partial charge is 0.353 e. The highest BCUT2D eigenvalue weighted by molar-refractivity contribution is 5.82. The summed E-state index contributed by atoms with van der Waals surface area (Å²) in [5, 5.41) is 3.24. The van der Waals surface area contributed by atoms with Crippen LogP contribution in [0, 0.1) is 5.41 Å². The smallest absolute Gasteiger partial charge is 0.226 e. The minimum absolute atomic E-state index is 0.197. The molecule has 104 valence electrons. The maximum atomic E-state index is 12.4. The Morgan fingerprint density at radius 3 is 2.42 bits per heavy atom. The molecule has 0 unspecified atom stereocenters. The van der Waals surface area contributed by atoms with Gasteiger partial charge in [-0.15, -0.1) is 0 Å². The second kappa shape index (κ2) is 6.23. The summed E-state index contributed by atoms with van der Waals surface area (Å²) < 4.78 is 0. The lowest BCUT2D eigenvalue weighted by Crippen LogP contribution is -2.44. The van der Waals surface area contributed by atoms with E-state index in [4.69, 9.17) is 0 Å². The Kier molecular flexibility index (Phi) is 4.62. The molecule has 0 bridgehead atoms. The monoisotopic (exact) mass is 259 g/mol. The summed E-state index contributed by atoms with van der Waals surface area (Å²) in [4.78, 5) is 12.4. The molecule has 19 heavy (non-hydrogen) atoms. The van der Waals surface area contributed by atoms with Gasteiger partial charge in [-0.2, -0.15) is 0 Å². The van der Waals surface area contributed by atoms with E-state index in [-0.39, 0.29) is 11.3 Å². The molecule has 0 spiro atoms. The second-order valence-electron chi connectivity index (χ2n) is 6.35. The Hall–Kier alpha value is -1.31. The number of carbonyl (C=O) groups is 1. The SMILES string of the molecule is CC(C)(Cc1ccccc1)C(=O)NC1CCCCC1. The van der Waals surface area contributed by atoms with Crippen LogP contribution in [-0.4, -0.2) is 11.9 Å². The summed E-state index contributed by atoms with van der Waals surface area (Å²) in [6.07, 6.45) is 6.92. The second-order valence-corrected chi connectivity index (χ2v) is 6.35. The third-order valence-electron chi connectivity index (χ3n) is 4.04. The van der Waals surface area contributed by atoms with Crippen LogP contribution >= 0.6 is 0 Å². The van der Waals surface area contributed by atoms with Crippen LogP contribution in [0.15, 0.2) is 30.3 Å². The molecule has 0 aliphatic heterocycles. The number of hydrogen-bond acceptors (Lipinski definition) is 1. The van der Waals surface area contributed by atoms with Crippen molar-refractivity contribution in [3.63, 3.8) is 0 Å². The number of rotatable bonds is 4. The number of benzene rings is 1. The topological polar surface area (TPSA) is 29.1 Å². The Morgan fingerprint density at radius 2 is 1.79 bits per heavy atom. The van der Waals surface area contributed by atoms with E-state index < -0.39 is 0 Å². The maximum absolute atomic E-state index is 12.4. The summed E-state index contributed by atoms with van der Waals surface area (Å²) in [5.41, 5.74) is 0.894. The van der Waals surface area contributed by atoms with E-state index in [9.17, 15) is 4.79 Å². The van der Waals surface area contributed by atoms with Crippen LogP contribution in [0.4, 0.5) is 0 Å². The van der Waals surface area contributed by atoms with Gasteiger partial charge in [0.15, 0.2) is 0 Å². The molecule has 2 heteroatoms. The molecule has 2 nitrogen and oxygen atoms in total. The van der Waals surface area contributed by atoms with Crippen molar-refractivity contribution in [1.29, 1.82) is 0 Å². The molecule has 0 heterocycles. The van der Waals surface area contributed by atoms with E-state index in [2.05, 4.69) is 17.4 Å². The van der Waals surface area contributed by atoms with Crippen molar-refractivity contribution in [1.82, 2.24) is 5.32 Å². The van der Waals surface area contributed by atoms with Crippen molar-refractivity contribution in [2.24, 2.45) is 5.41 Å². The normalized spacial score (nSPS) is 17.2. The average Bonchev–Trinajstić information content (AvgIpc) is 2.40. The van der Waals surface area contributed by atoms with Crippen LogP contribution in [0.1, 0.15) is 51.5 Å². The molecule has 0 aromatic heterocycles. The van der Waals surface area contributed by atoms with Crippen molar-refractivity contribution in [3.8, 4) is 0 Å². The quantitative estimate of drug-likeness (QED) is 0.877. The van der Waals surface area contributed by atoms with Crippen LogP contribution in [-0.2, 0) is 11.2 Å². The first-order valence-corrected chi connectivity index (χ1v) is 7.43. The van der Waals surface area contributed by atoms with Crippen LogP contribution in [0.2, 0.25) is 0 Å². The number of carbonyl (C=O) groups excluding carboxylic acids is 1. The molecule has 1 fully saturated rings. The van der Waals surface area contributed by atoms with E-state index >= 15 is 0 Å².